The minimum absolute atomic E-state index is 0.114. The predicted octanol–water partition coefficient (Wildman–Crippen LogP) is 1.52. The molecule has 1 aliphatic heterocycles. The van der Waals surface area contributed by atoms with Gasteiger partial charge in [0.1, 0.15) is 11.2 Å². The maximum Gasteiger partial charge on any atom is 0.247 e. The number of piperidine rings is 1. The molecule has 0 unspecified atom stereocenters. The molecule has 0 bridgehead atoms. The fourth-order valence-corrected chi connectivity index (χ4v) is 2.96. The van der Waals surface area contributed by atoms with Crippen molar-refractivity contribution in [3.63, 3.8) is 0 Å². The zero-order valence-electron chi connectivity index (χ0n) is 13.1. The Kier molecular flexibility index (Phi) is 5.24. The van der Waals surface area contributed by atoms with Crippen molar-refractivity contribution in [3.05, 3.63) is 22.5 Å². The summed E-state index contributed by atoms with van der Waals surface area (Å²) in [6, 6.07) is -0.388. The summed E-state index contributed by atoms with van der Waals surface area (Å²) < 4.78 is 1.56. The van der Waals surface area contributed by atoms with E-state index in [9.17, 15) is 9.59 Å². The third-order valence-corrected chi connectivity index (χ3v) is 4.37. The number of carbonyl (C=O) groups excluding carboxylic acids is 2. The van der Waals surface area contributed by atoms with Crippen LogP contribution in [0.3, 0.4) is 0 Å². The molecule has 1 saturated heterocycles. The lowest BCUT2D eigenvalue weighted by Crippen LogP contribution is -2.50. The van der Waals surface area contributed by atoms with Crippen LogP contribution in [0.15, 0.2) is 6.08 Å². The van der Waals surface area contributed by atoms with E-state index in [2.05, 4.69) is 10.4 Å². The molecule has 2 heterocycles. The summed E-state index contributed by atoms with van der Waals surface area (Å²) >= 11 is 6.15. The minimum atomic E-state index is -0.388. The second kappa shape index (κ2) is 6.96. The maximum absolute atomic E-state index is 12.4. The van der Waals surface area contributed by atoms with Gasteiger partial charge in [-0.2, -0.15) is 5.10 Å². The summed E-state index contributed by atoms with van der Waals surface area (Å²) in [6.07, 6.45) is 5.71. The summed E-state index contributed by atoms with van der Waals surface area (Å²) in [6.45, 7) is 2.44. The van der Waals surface area contributed by atoms with Crippen molar-refractivity contribution in [2.24, 2.45) is 7.05 Å². The molecule has 1 aromatic heterocycles. The zero-order valence-corrected chi connectivity index (χ0v) is 13.9. The summed E-state index contributed by atoms with van der Waals surface area (Å²) in [7, 11) is 3.34. The first kappa shape index (κ1) is 16.5. The van der Waals surface area contributed by atoms with E-state index < -0.39 is 0 Å². The highest BCUT2D eigenvalue weighted by molar-refractivity contribution is 6.31. The topological polar surface area (TPSA) is 67.2 Å². The first-order valence-electron chi connectivity index (χ1n) is 7.35. The van der Waals surface area contributed by atoms with E-state index in [0.29, 0.717) is 18.1 Å². The summed E-state index contributed by atoms with van der Waals surface area (Å²) in [5.74, 6) is -0.287. The second-order valence-electron chi connectivity index (χ2n) is 5.40. The van der Waals surface area contributed by atoms with Crippen molar-refractivity contribution < 1.29 is 9.59 Å². The van der Waals surface area contributed by atoms with Gasteiger partial charge in [0.2, 0.25) is 11.8 Å². The van der Waals surface area contributed by atoms with Crippen molar-refractivity contribution in [1.82, 2.24) is 20.0 Å². The lowest BCUT2D eigenvalue weighted by Gasteiger charge is -2.33. The Labute approximate surface area is 135 Å². The molecule has 0 saturated carbocycles. The van der Waals surface area contributed by atoms with E-state index in [1.165, 1.54) is 6.08 Å². The molecule has 1 fully saturated rings. The average Bonchev–Trinajstić information content (AvgIpc) is 2.77. The van der Waals surface area contributed by atoms with Crippen molar-refractivity contribution in [3.8, 4) is 0 Å². The lowest BCUT2D eigenvalue weighted by molar-refractivity contribution is -0.138. The van der Waals surface area contributed by atoms with Crippen molar-refractivity contribution >= 4 is 29.5 Å². The van der Waals surface area contributed by atoms with Gasteiger partial charge in [0.05, 0.1) is 5.69 Å². The average molecular weight is 325 g/mol. The van der Waals surface area contributed by atoms with E-state index in [1.807, 2.05) is 6.92 Å². The predicted molar refractivity (Wildman–Crippen MR) is 85.4 cm³/mol. The molecule has 6 nitrogen and oxygen atoms in total. The molecular formula is C15H21ClN4O2. The number of aromatic nitrogens is 2. The number of rotatable bonds is 3. The Bertz CT molecular complexity index is 609. The third kappa shape index (κ3) is 3.32. The molecule has 0 aliphatic carbocycles. The molecule has 0 radical (unpaired) electrons. The molecule has 2 amide bonds. The molecule has 1 N–H and O–H groups in total. The van der Waals surface area contributed by atoms with Gasteiger partial charge in [-0.25, -0.2) is 0 Å². The molecule has 0 spiro atoms. The lowest BCUT2D eigenvalue weighted by atomic mass is 10.0. The van der Waals surface area contributed by atoms with Crippen LogP contribution in [0.5, 0.6) is 0 Å². The number of nitrogens with zero attached hydrogens (tertiary/aromatic N) is 3. The highest BCUT2D eigenvalue weighted by Crippen LogP contribution is 2.21. The standard InChI is InChI=1S/C15H21ClN4O2/c1-10-11(14(16)19(3)18-10)7-8-13(21)20-9-5-4-6-12(20)15(22)17-2/h7-8,12H,4-6,9H2,1-3H3,(H,17,22)/b8-7+/t12-/m0/s1. The zero-order chi connectivity index (χ0) is 16.3. The van der Waals surface area contributed by atoms with Crippen molar-refractivity contribution in [1.29, 1.82) is 0 Å². The summed E-state index contributed by atoms with van der Waals surface area (Å²) in [5.41, 5.74) is 1.49. The minimum Gasteiger partial charge on any atom is -0.357 e. The number of likely N-dealkylation sites (tertiary alicyclic amines) is 1. The number of nitrogens with one attached hydrogen (secondary N) is 1. The first-order valence-corrected chi connectivity index (χ1v) is 7.73. The van der Waals surface area contributed by atoms with E-state index >= 15 is 0 Å². The number of carbonyl (C=O) groups is 2. The van der Waals surface area contributed by atoms with Crippen LogP contribution >= 0.6 is 11.6 Å². The monoisotopic (exact) mass is 324 g/mol. The quantitative estimate of drug-likeness (QED) is 0.857. The summed E-state index contributed by atoms with van der Waals surface area (Å²) in [4.78, 5) is 25.9. The van der Waals surface area contributed by atoms with E-state index in [1.54, 1.807) is 29.8 Å². The van der Waals surface area contributed by atoms with Gasteiger partial charge in [-0.15, -0.1) is 0 Å². The number of aryl methyl sites for hydroxylation is 2. The molecule has 7 heteroatoms. The Morgan fingerprint density at radius 3 is 2.73 bits per heavy atom. The third-order valence-electron chi connectivity index (χ3n) is 3.92. The fourth-order valence-electron chi connectivity index (χ4n) is 2.72. The van der Waals surface area contributed by atoms with Crippen LogP contribution in [0.2, 0.25) is 5.15 Å². The van der Waals surface area contributed by atoms with Crippen LogP contribution in [-0.2, 0) is 16.6 Å². The van der Waals surface area contributed by atoms with Gasteiger partial charge in [0.25, 0.3) is 0 Å². The second-order valence-corrected chi connectivity index (χ2v) is 5.76. The first-order chi connectivity index (χ1) is 10.5. The van der Waals surface area contributed by atoms with Gasteiger partial charge in [-0.3, -0.25) is 14.3 Å². The Morgan fingerprint density at radius 1 is 1.41 bits per heavy atom. The van der Waals surface area contributed by atoms with Gasteiger partial charge in [0.15, 0.2) is 0 Å². The normalized spacial score (nSPS) is 18.7. The van der Waals surface area contributed by atoms with Crippen LogP contribution in [0.25, 0.3) is 6.08 Å². The molecule has 2 rings (SSSR count). The van der Waals surface area contributed by atoms with Crippen LogP contribution in [0.4, 0.5) is 0 Å². The molecule has 1 aliphatic rings. The summed E-state index contributed by atoms with van der Waals surface area (Å²) in [5, 5.41) is 7.31. The van der Waals surface area contributed by atoms with Crippen molar-refractivity contribution in [2.45, 2.75) is 32.2 Å². The van der Waals surface area contributed by atoms with Crippen molar-refractivity contribution in [2.75, 3.05) is 13.6 Å². The Hall–Kier alpha value is -1.82. The van der Waals surface area contributed by atoms with Crippen LogP contribution in [0, 0.1) is 6.92 Å². The molecule has 1 atom stereocenters. The molecule has 1 aromatic rings. The van der Waals surface area contributed by atoms with Gasteiger partial charge in [-0.05, 0) is 32.3 Å². The number of hydrogen-bond acceptors (Lipinski definition) is 3. The van der Waals surface area contributed by atoms with Gasteiger partial charge < -0.3 is 10.2 Å². The maximum atomic E-state index is 12.4. The van der Waals surface area contributed by atoms with Crippen LogP contribution in [-0.4, -0.2) is 46.1 Å². The Balaban J connectivity index is 2.16. The molecular weight excluding hydrogens is 304 g/mol. The SMILES string of the molecule is CNC(=O)[C@@H]1CCCCN1C(=O)/C=C/c1c(C)nn(C)c1Cl. The smallest absolute Gasteiger partial charge is 0.247 e. The van der Waals surface area contributed by atoms with Crippen LogP contribution in [0.1, 0.15) is 30.5 Å². The van der Waals surface area contributed by atoms with Gasteiger partial charge in [-0.1, -0.05) is 11.6 Å². The van der Waals surface area contributed by atoms with E-state index in [-0.39, 0.29) is 17.9 Å². The van der Waals surface area contributed by atoms with Gasteiger partial charge >= 0.3 is 0 Å². The van der Waals surface area contributed by atoms with Crippen LogP contribution < -0.4 is 5.32 Å². The highest BCUT2D eigenvalue weighted by atomic mass is 35.5. The Morgan fingerprint density at radius 2 is 2.14 bits per heavy atom. The van der Waals surface area contributed by atoms with E-state index in [4.69, 9.17) is 11.6 Å². The molecule has 0 aromatic carbocycles. The number of likely N-dealkylation sites (N-methyl/N-ethyl adjacent to an activating group) is 1. The largest absolute Gasteiger partial charge is 0.357 e. The molecule has 120 valence electrons. The highest BCUT2D eigenvalue weighted by Gasteiger charge is 2.30. The number of halogens is 1. The number of amides is 2. The molecule has 22 heavy (non-hydrogen) atoms. The fraction of sp³-hybridized carbons (Fsp3) is 0.533. The number of hydrogen-bond donors (Lipinski definition) is 1. The van der Waals surface area contributed by atoms with Gasteiger partial charge in [0, 0.05) is 32.3 Å². The van der Waals surface area contributed by atoms with E-state index in [0.717, 1.165) is 24.1 Å².